The van der Waals surface area contributed by atoms with E-state index in [1.54, 1.807) is 10.9 Å². The highest BCUT2D eigenvalue weighted by atomic mass is 32.2. The molecule has 0 saturated heterocycles. The Morgan fingerprint density at radius 3 is 2.45 bits per heavy atom. The smallest absolute Gasteiger partial charge is 0.237 e. The van der Waals surface area contributed by atoms with Crippen molar-refractivity contribution in [3.8, 4) is 22.9 Å². The van der Waals surface area contributed by atoms with Gasteiger partial charge in [-0.15, -0.1) is 0 Å². The quantitative estimate of drug-likeness (QED) is 0.435. The van der Waals surface area contributed by atoms with E-state index in [9.17, 15) is 0 Å². The monoisotopic (exact) mass is 403 g/mol. The fraction of sp³-hybridized carbons (Fsp3) is 0.136. The van der Waals surface area contributed by atoms with Gasteiger partial charge >= 0.3 is 0 Å². The lowest BCUT2D eigenvalue weighted by Gasteiger charge is -2.15. The predicted molar refractivity (Wildman–Crippen MR) is 116 cm³/mol. The first-order chi connectivity index (χ1) is 14.1. The third-order valence-corrected chi connectivity index (χ3v) is 5.13. The molecule has 2 heterocycles. The van der Waals surface area contributed by atoms with Crippen molar-refractivity contribution in [2.75, 3.05) is 4.72 Å². The molecule has 29 heavy (non-hydrogen) atoms. The summed E-state index contributed by atoms with van der Waals surface area (Å²) in [6.07, 6.45) is 3.71. The molecule has 2 aromatic heterocycles. The minimum atomic E-state index is 0.480. The molecule has 0 atom stereocenters. The largest absolute Gasteiger partial charge is 0.439 e. The number of rotatable bonds is 6. The minimum absolute atomic E-state index is 0.480. The average molecular weight is 404 g/mol. The molecule has 0 aliphatic rings. The number of benzene rings is 2. The summed E-state index contributed by atoms with van der Waals surface area (Å²) >= 11 is 1.41. The average Bonchev–Trinajstić information content (AvgIpc) is 3.15. The summed E-state index contributed by atoms with van der Waals surface area (Å²) in [6.45, 7) is 4.06. The second kappa shape index (κ2) is 8.36. The van der Waals surface area contributed by atoms with Crippen molar-refractivity contribution >= 4 is 17.9 Å². The number of hydrogen-bond acceptors (Lipinski definition) is 6. The fourth-order valence-corrected chi connectivity index (χ4v) is 3.50. The van der Waals surface area contributed by atoms with Crippen molar-refractivity contribution < 1.29 is 4.74 Å². The highest BCUT2D eigenvalue weighted by molar-refractivity contribution is 8.00. The molecule has 0 fully saturated rings. The summed E-state index contributed by atoms with van der Waals surface area (Å²) in [5.41, 5.74) is 3.93. The SMILES string of the molecule is Cc1ccccc1-c1nc(NSc2cnn(C)c2)nc(Oc2ccccc2)c1C. The highest BCUT2D eigenvalue weighted by Gasteiger charge is 2.16. The molecule has 0 radical (unpaired) electrons. The molecule has 0 bridgehead atoms. The van der Waals surface area contributed by atoms with Crippen LogP contribution in [0.3, 0.4) is 0 Å². The van der Waals surface area contributed by atoms with Crippen LogP contribution in [0.2, 0.25) is 0 Å². The predicted octanol–water partition coefficient (Wildman–Crippen LogP) is 5.41. The number of nitrogens with zero attached hydrogens (tertiary/aromatic N) is 4. The van der Waals surface area contributed by atoms with Crippen LogP contribution in [0.1, 0.15) is 11.1 Å². The van der Waals surface area contributed by atoms with Crippen LogP contribution in [-0.4, -0.2) is 19.7 Å². The van der Waals surface area contributed by atoms with Crippen molar-refractivity contribution in [2.45, 2.75) is 18.7 Å². The van der Waals surface area contributed by atoms with Gasteiger partial charge in [0, 0.05) is 24.4 Å². The number of para-hydroxylation sites is 1. The molecular weight excluding hydrogens is 382 g/mol. The van der Waals surface area contributed by atoms with E-state index in [4.69, 9.17) is 9.72 Å². The Hall–Kier alpha value is -3.32. The number of aromatic nitrogens is 4. The van der Waals surface area contributed by atoms with Gasteiger partial charge in [0.15, 0.2) is 0 Å². The first kappa shape index (κ1) is 19.0. The van der Waals surface area contributed by atoms with E-state index < -0.39 is 0 Å². The van der Waals surface area contributed by atoms with E-state index >= 15 is 0 Å². The normalized spacial score (nSPS) is 10.7. The lowest BCUT2D eigenvalue weighted by Crippen LogP contribution is -2.03. The molecule has 6 nitrogen and oxygen atoms in total. The van der Waals surface area contributed by atoms with Crippen LogP contribution in [0.4, 0.5) is 5.95 Å². The van der Waals surface area contributed by atoms with Crippen LogP contribution >= 0.6 is 11.9 Å². The first-order valence-electron chi connectivity index (χ1n) is 9.19. The van der Waals surface area contributed by atoms with E-state index in [0.29, 0.717) is 11.8 Å². The molecule has 0 spiro atoms. The number of nitrogens with one attached hydrogen (secondary N) is 1. The van der Waals surface area contributed by atoms with Gasteiger partial charge in [-0.05, 0) is 43.5 Å². The second-order valence-corrected chi connectivity index (χ2v) is 7.49. The lowest BCUT2D eigenvalue weighted by molar-refractivity contribution is 0.459. The third-order valence-electron chi connectivity index (χ3n) is 4.40. The number of anilines is 1. The Balaban J connectivity index is 1.73. The minimum Gasteiger partial charge on any atom is -0.439 e. The molecule has 2 aromatic carbocycles. The van der Waals surface area contributed by atoms with Gasteiger partial charge in [-0.25, -0.2) is 4.98 Å². The lowest BCUT2D eigenvalue weighted by atomic mass is 10.0. The first-order valence-corrected chi connectivity index (χ1v) is 10.0. The van der Waals surface area contributed by atoms with Gasteiger partial charge in [0.05, 0.1) is 16.8 Å². The molecular formula is C22H21N5OS. The Kier molecular flexibility index (Phi) is 5.48. The number of aryl methyl sites for hydroxylation is 2. The zero-order valence-corrected chi connectivity index (χ0v) is 17.3. The van der Waals surface area contributed by atoms with E-state index in [1.165, 1.54) is 11.9 Å². The molecule has 0 aliphatic carbocycles. The topological polar surface area (TPSA) is 64.9 Å². The molecule has 0 saturated carbocycles. The third kappa shape index (κ3) is 4.41. The Morgan fingerprint density at radius 1 is 0.966 bits per heavy atom. The van der Waals surface area contributed by atoms with Crippen molar-refractivity contribution in [3.05, 3.63) is 78.1 Å². The summed E-state index contributed by atoms with van der Waals surface area (Å²) < 4.78 is 11.1. The standard InChI is InChI=1S/C22H21N5OS/c1-15-9-7-8-12-19(15)20-16(2)21(28-17-10-5-4-6-11-17)25-22(24-20)26-29-18-13-23-27(3)14-18/h4-14H,1-3H3,(H,24,25,26). The maximum atomic E-state index is 6.09. The summed E-state index contributed by atoms with van der Waals surface area (Å²) in [4.78, 5) is 10.4. The van der Waals surface area contributed by atoms with E-state index in [2.05, 4.69) is 33.9 Å². The molecule has 1 N–H and O–H groups in total. The summed E-state index contributed by atoms with van der Waals surface area (Å²) in [7, 11) is 1.88. The van der Waals surface area contributed by atoms with Crippen LogP contribution < -0.4 is 9.46 Å². The van der Waals surface area contributed by atoms with Crippen molar-refractivity contribution in [1.82, 2.24) is 19.7 Å². The maximum absolute atomic E-state index is 6.09. The fourth-order valence-electron chi connectivity index (χ4n) is 2.90. The number of hydrogen-bond donors (Lipinski definition) is 1. The van der Waals surface area contributed by atoms with Crippen LogP contribution in [0.15, 0.2) is 71.9 Å². The van der Waals surface area contributed by atoms with Crippen molar-refractivity contribution in [3.63, 3.8) is 0 Å². The zero-order chi connectivity index (χ0) is 20.2. The van der Waals surface area contributed by atoms with Crippen LogP contribution in [-0.2, 0) is 7.05 Å². The van der Waals surface area contributed by atoms with E-state index in [-0.39, 0.29) is 0 Å². The molecule has 0 unspecified atom stereocenters. The zero-order valence-electron chi connectivity index (χ0n) is 16.5. The molecule has 146 valence electrons. The van der Waals surface area contributed by atoms with E-state index in [1.807, 2.05) is 62.6 Å². The molecule has 4 rings (SSSR count). The molecule has 0 aliphatic heterocycles. The molecule has 4 aromatic rings. The second-order valence-electron chi connectivity index (χ2n) is 6.61. The van der Waals surface area contributed by atoms with Crippen LogP contribution in [0.5, 0.6) is 11.6 Å². The van der Waals surface area contributed by atoms with Crippen LogP contribution in [0.25, 0.3) is 11.3 Å². The van der Waals surface area contributed by atoms with Gasteiger partial charge in [-0.3, -0.25) is 9.40 Å². The van der Waals surface area contributed by atoms with E-state index in [0.717, 1.165) is 33.0 Å². The van der Waals surface area contributed by atoms with Gasteiger partial charge in [-0.2, -0.15) is 10.1 Å². The number of ether oxygens (including phenoxy) is 1. The van der Waals surface area contributed by atoms with Gasteiger partial charge in [0.25, 0.3) is 0 Å². The maximum Gasteiger partial charge on any atom is 0.237 e. The Morgan fingerprint density at radius 2 is 1.72 bits per heavy atom. The van der Waals surface area contributed by atoms with Crippen molar-refractivity contribution in [2.24, 2.45) is 7.05 Å². The van der Waals surface area contributed by atoms with Gasteiger partial charge in [0.2, 0.25) is 11.8 Å². The Labute approximate surface area is 174 Å². The summed E-state index contributed by atoms with van der Waals surface area (Å²) in [6, 6.07) is 17.8. The van der Waals surface area contributed by atoms with Gasteiger partial charge in [0.1, 0.15) is 5.75 Å². The van der Waals surface area contributed by atoms with Crippen LogP contribution in [0, 0.1) is 13.8 Å². The molecule has 0 amide bonds. The Bertz CT molecular complexity index is 1130. The highest BCUT2D eigenvalue weighted by Crippen LogP contribution is 2.33. The molecule has 7 heteroatoms. The van der Waals surface area contributed by atoms with Gasteiger partial charge < -0.3 is 4.74 Å². The van der Waals surface area contributed by atoms with Gasteiger partial charge in [-0.1, -0.05) is 42.5 Å². The van der Waals surface area contributed by atoms with Crippen molar-refractivity contribution in [1.29, 1.82) is 0 Å². The summed E-state index contributed by atoms with van der Waals surface area (Å²) in [5, 5.41) is 4.18. The summed E-state index contributed by atoms with van der Waals surface area (Å²) in [5.74, 6) is 1.74.